The lowest BCUT2D eigenvalue weighted by molar-refractivity contribution is -0.131. The molecule has 3 aliphatic heterocycles. The molecule has 2 atom stereocenters. The van der Waals surface area contributed by atoms with E-state index in [0.29, 0.717) is 38.3 Å². The number of pyridine rings is 1. The van der Waals surface area contributed by atoms with Crippen molar-refractivity contribution in [3.63, 3.8) is 0 Å². The second-order valence-electron chi connectivity index (χ2n) is 11.7. The highest BCUT2D eigenvalue weighted by molar-refractivity contribution is 5.96. The van der Waals surface area contributed by atoms with Crippen molar-refractivity contribution in [1.82, 2.24) is 24.8 Å². The van der Waals surface area contributed by atoms with Crippen molar-refractivity contribution in [2.24, 2.45) is 0 Å². The van der Waals surface area contributed by atoms with E-state index < -0.39 is 17.8 Å². The van der Waals surface area contributed by atoms with Gasteiger partial charge in [-0.25, -0.2) is 4.39 Å². The van der Waals surface area contributed by atoms with Crippen LogP contribution in [0.5, 0.6) is 6.01 Å². The van der Waals surface area contributed by atoms with Gasteiger partial charge in [0.05, 0.1) is 30.8 Å². The molecule has 2 aromatic heterocycles. The van der Waals surface area contributed by atoms with Crippen molar-refractivity contribution in [2.45, 2.75) is 51.2 Å². The van der Waals surface area contributed by atoms with Gasteiger partial charge in [0.25, 0.3) is 5.91 Å². The van der Waals surface area contributed by atoms with Crippen molar-refractivity contribution in [1.29, 1.82) is 5.26 Å². The maximum Gasteiger partial charge on any atom is 0.318 e. The smallest absolute Gasteiger partial charge is 0.318 e. The standard InChI is InChI=1S/C32H37FN8O2/c1-21(33)31(42)41-17-16-40(18-24(41)9-12-34)30-26-11-15-39(28-8-4-6-23-10-13-35-22(2)29(23)28)19-27(26)36-32(37-30)43-20-25-7-5-14-38(25)3/h4,6,8,10,13,24-25H,1,5,7,9,11,14-20H2,2-3H3/t24-,25-/m0/s1. The van der Waals surface area contributed by atoms with E-state index in [1.165, 1.54) is 4.90 Å². The summed E-state index contributed by atoms with van der Waals surface area (Å²) in [5.41, 5.74) is 4.05. The monoisotopic (exact) mass is 584 g/mol. The summed E-state index contributed by atoms with van der Waals surface area (Å²) in [4.78, 5) is 35.1. The first kappa shape index (κ1) is 28.8. The predicted octanol–water partition coefficient (Wildman–Crippen LogP) is 3.78. The Bertz CT molecular complexity index is 1580. The summed E-state index contributed by atoms with van der Waals surface area (Å²) in [5.74, 6) is -1.00. The molecular formula is C32H37FN8O2. The highest BCUT2D eigenvalue weighted by Crippen LogP contribution is 2.35. The van der Waals surface area contributed by atoms with Gasteiger partial charge >= 0.3 is 6.01 Å². The molecule has 0 aliphatic carbocycles. The maximum atomic E-state index is 13.8. The van der Waals surface area contributed by atoms with Crippen molar-refractivity contribution < 1.29 is 13.9 Å². The minimum absolute atomic E-state index is 0.0857. The molecule has 3 aromatic rings. The average Bonchev–Trinajstić information content (AvgIpc) is 3.43. The van der Waals surface area contributed by atoms with E-state index >= 15 is 0 Å². The maximum absolute atomic E-state index is 13.8. The molecule has 0 saturated carbocycles. The predicted molar refractivity (Wildman–Crippen MR) is 163 cm³/mol. The number of hydrogen-bond donors (Lipinski definition) is 0. The van der Waals surface area contributed by atoms with Crippen LogP contribution >= 0.6 is 0 Å². The molecule has 10 nitrogen and oxygen atoms in total. The third-order valence-electron chi connectivity index (χ3n) is 9.00. The summed E-state index contributed by atoms with van der Waals surface area (Å²) < 4.78 is 20.1. The molecule has 0 N–H and O–H groups in total. The van der Waals surface area contributed by atoms with E-state index in [0.717, 1.165) is 71.6 Å². The van der Waals surface area contributed by atoms with Gasteiger partial charge in [-0.1, -0.05) is 18.7 Å². The number of hydrogen-bond acceptors (Lipinski definition) is 9. The lowest BCUT2D eigenvalue weighted by Crippen LogP contribution is -2.55. The Kier molecular flexibility index (Phi) is 8.13. The number of ether oxygens (including phenoxy) is 1. The molecule has 1 amide bonds. The van der Waals surface area contributed by atoms with E-state index in [4.69, 9.17) is 14.7 Å². The second kappa shape index (κ2) is 12.1. The molecule has 0 bridgehead atoms. The van der Waals surface area contributed by atoms with Gasteiger partial charge in [-0.2, -0.15) is 15.2 Å². The van der Waals surface area contributed by atoms with Gasteiger partial charge in [0, 0.05) is 60.7 Å². The lowest BCUT2D eigenvalue weighted by Gasteiger charge is -2.42. The Morgan fingerprint density at radius 2 is 2.02 bits per heavy atom. The largest absolute Gasteiger partial charge is 0.462 e. The highest BCUT2D eigenvalue weighted by atomic mass is 19.1. The topological polar surface area (TPSA) is 102 Å². The van der Waals surface area contributed by atoms with Crippen LogP contribution in [0.1, 0.15) is 36.2 Å². The van der Waals surface area contributed by atoms with Gasteiger partial charge in [-0.15, -0.1) is 0 Å². The quantitative estimate of drug-likeness (QED) is 0.384. The number of benzene rings is 1. The van der Waals surface area contributed by atoms with Crippen molar-refractivity contribution in [2.75, 3.05) is 56.2 Å². The molecule has 1 aromatic carbocycles. The fraction of sp³-hybridized carbons (Fsp3) is 0.469. The summed E-state index contributed by atoms with van der Waals surface area (Å²) in [6.07, 6.45) is 4.86. The fourth-order valence-corrected chi connectivity index (χ4v) is 6.68. The Balaban J connectivity index is 1.34. The van der Waals surface area contributed by atoms with Crippen LogP contribution in [0.25, 0.3) is 10.8 Å². The van der Waals surface area contributed by atoms with E-state index in [1.807, 2.05) is 19.2 Å². The lowest BCUT2D eigenvalue weighted by atomic mass is 10.0. The van der Waals surface area contributed by atoms with E-state index in [1.54, 1.807) is 0 Å². The summed E-state index contributed by atoms with van der Waals surface area (Å²) in [7, 11) is 2.11. The summed E-state index contributed by atoms with van der Waals surface area (Å²) >= 11 is 0. The van der Waals surface area contributed by atoms with Crippen molar-refractivity contribution in [3.8, 4) is 12.1 Å². The number of carbonyl (C=O) groups is 1. The Labute approximate surface area is 251 Å². The molecule has 43 heavy (non-hydrogen) atoms. The number of aryl methyl sites for hydroxylation is 1. The molecule has 6 rings (SSSR count). The molecule has 3 aliphatic rings. The third kappa shape index (κ3) is 5.71. The summed E-state index contributed by atoms with van der Waals surface area (Å²) in [6.45, 7) is 9.21. The number of carbonyl (C=O) groups excluding carboxylic acids is 1. The Morgan fingerprint density at radius 1 is 1.16 bits per heavy atom. The van der Waals surface area contributed by atoms with Gasteiger partial charge in [-0.05, 0) is 57.3 Å². The number of halogens is 1. The van der Waals surface area contributed by atoms with Crippen LogP contribution in [-0.4, -0.2) is 89.1 Å². The molecule has 2 saturated heterocycles. The van der Waals surface area contributed by atoms with E-state index in [2.05, 4.69) is 57.6 Å². The van der Waals surface area contributed by atoms with Crippen LogP contribution in [0.3, 0.4) is 0 Å². The molecular weight excluding hydrogens is 547 g/mol. The first-order valence-corrected chi connectivity index (χ1v) is 14.9. The minimum Gasteiger partial charge on any atom is -0.462 e. The molecule has 2 fully saturated rings. The number of piperazine rings is 1. The van der Waals surface area contributed by atoms with Gasteiger partial charge in [0.1, 0.15) is 12.4 Å². The van der Waals surface area contributed by atoms with Crippen LogP contribution in [0.15, 0.2) is 42.9 Å². The van der Waals surface area contributed by atoms with Crippen LogP contribution in [0.2, 0.25) is 0 Å². The fourth-order valence-electron chi connectivity index (χ4n) is 6.68. The van der Waals surface area contributed by atoms with Crippen LogP contribution < -0.4 is 14.5 Å². The SMILES string of the molecule is C=C(F)C(=O)N1CCN(c2nc(OC[C@@H]3CCCN3C)nc3c2CCN(c2cccc4ccnc(C)c24)C3)C[C@@H]1CC#N. The van der Waals surface area contributed by atoms with Crippen molar-refractivity contribution in [3.05, 3.63) is 59.8 Å². The van der Waals surface area contributed by atoms with E-state index in [9.17, 15) is 14.4 Å². The number of fused-ring (bicyclic) bond motifs is 2. The number of likely N-dealkylation sites (tertiary alicyclic amines) is 1. The zero-order valence-electron chi connectivity index (χ0n) is 24.8. The van der Waals surface area contributed by atoms with Crippen molar-refractivity contribution >= 4 is 28.2 Å². The number of aromatic nitrogens is 3. The van der Waals surface area contributed by atoms with Gasteiger partial charge in [0.15, 0.2) is 5.83 Å². The van der Waals surface area contributed by atoms with Gasteiger partial charge in [0.2, 0.25) is 0 Å². The van der Waals surface area contributed by atoms with E-state index in [-0.39, 0.29) is 13.0 Å². The molecule has 11 heteroatoms. The van der Waals surface area contributed by atoms with Crippen LogP contribution in [0, 0.1) is 18.3 Å². The van der Waals surface area contributed by atoms with Crippen LogP contribution in [0.4, 0.5) is 15.9 Å². The zero-order valence-corrected chi connectivity index (χ0v) is 24.8. The number of likely N-dealkylation sites (N-methyl/N-ethyl adjacent to an activating group) is 1. The van der Waals surface area contributed by atoms with Gasteiger partial charge < -0.3 is 24.3 Å². The van der Waals surface area contributed by atoms with Crippen LogP contribution in [-0.2, 0) is 17.8 Å². The molecule has 0 unspecified atom stereocenters. The second-order valence-corrected chi connectivity index (χ2v) is 11.7. The normalized spacial score (nSPS) is 20.7. The number of anilines is 2. The Hall–Kier alpha value is -4.30. The average molecular weight is 585 g/mol. The first-order chi connectivity index (χ1) is 20.8. The zero-order chi connectivity index (χ0) is 30.1. The molecule has 0 radical (unpaired) electrons. The summed E-state index contributed by atoms with van der Waals surface area (Å²) in [5, 5.41) is 11.8. The number of nitrogens with zero attached hydrogens (tertiary/aromatic N) is 8. The minimum atomic E-state index is -1.01. The number of amides is 1. The Morgan fingerprint density at radius 3 is 2.79 bits per heavy atom. The van der Waals surface area contributed by atoms with Gasteiger partial charge in [-0.3, -0.25) is 9.78 Å². The highest BCUT2D eigenvalue weighted by Gasteiger charge is 2.35. The third-order valence-corrected chi connectivity index (χ3v) is 9.00. The first-order valence-electron chi connectivity index (χ1n) is 14.9. The molecule has 0 spiro atoms. The molecule has 5 heterocycles. The number of rotatable bonds is 7. The number of nitriles is 1. The summed E-state index contributed by atoms with van der Waals surface area (Å²) in [6, 6.07) is 10.7. The molecule has 224 valence electrons.